The SMILES string of the molecule is C.O=C1N[C@H](Cc2c[nH]c3c(Cl)cccc23)C(=O)N1CC1CCCO1. The van der Waals surface area contributed by atoms with Crippen LogP contribution in [-0.2, 0) is 16.0 Å². The number of aromatic nitrogens is 1. The number of H-pyrrole nitrogens is 1. The highest BCUT2D eigenvalue weighted by atomic mass is 35.5. The maximum atomic E-state index is 12.6. The lowest BCUT2D eigenvalue weighted by molar-refractivity contribution is -0.128. The van der Waals surface area contributed by atoms with E-state index >= 15 is 0 Å². The fourth-order valence-electron chi connectivity index (χ4n) is 3.44. The van der Waals surface area contributed by atoms with Crippen molar-refractivity contribution in [2.24, 2.45) is 0 Å². The second-order valence-corrected chi connectivity index (χ2v) is 6.67. The maximum Gasteiger partial charge on any atom is 0.324 e. The van der Waals surface area contributed by atoms with Crippen LogP contribution in [0.25, 0.3) is 10.9 Å². The third-order valence-corrected chi connectivity index (χ3v) is 5.01. The summed E-state index contributed by atoms with van der Waals surface area (Å²) in [5.41, 5.74) is 1.81. The molecule has 0 bridgehead atoms. The van der Waals surface area contributed by atoms with Crippen LogP contribution in [0.5, 0.6) is 0 Å². The van der Waals surface area contributed by atoms with E-state index in [1.54, 1.807) is 0 Å². The van der Waals surface area contributed by atoms with Gasteiger partial charge < -0.3 is 15.0 Å². The van der Waals surface area contributed by atoms with Crippen LogP contribution >= 0.6 is 11.6 Å². The Labute approximate surface area is 151 Å². The molecule has 0 radical (unpaired) electrons. The lowest BCUT2D eigenvalue weighted by atomic mass is 10.0. The van der Waals surface area contributed by atoms with Crippen molar-refractivity contribution in [1.82, 2.24) is 15.2 Å². The van der Waals surface area contributed by atoms with Crippen LogP contribution in [0, 0.1) is 0 Å². The molecule has 4 rings (SSSR count). The van der Waals surface area contributed by atoms with E-state index in [-0.39, 0.29) is 25.5 Å². The van der Waals surface area contributed by atoms with Gasteiger partial charge in [0.05, 0.1) is 23.2 Å². The third kappa shape index (κ3) is 3.24. The first-order chi connectivity index (χ1) is 11.6. The van der Waals surface area contributed by atoms with Crippen LogP contribution < -0.4 is 5.32 Å². The van der Waals surface area contributed by atoms with Crippen molar-refractivity contribution in [3.8, 4) is 0 Å². The monoisotopic (exact) mass is 363 g/mol. The number of ether oxygens (including phenoxy) is 1. The van der Waals surface area contributed by atoms with Gasteiger partial charge in [-0.15, -0.1) is 0 Å². The molecule has 1 aromatic heterocycles. The van der Waals surface area contributed by atoms with Crippen molar-refractivity contribution in [2.75, 3.05) is 13.2 Å². The molecule has 2 aromatic rings. The molecule has 3 heterocycles. The van der Waals surface area contributed by atoms with E-state index in [1.165, 1.54) is 4.90 Å². The minimum Gasteiger partial charge on any atom is -0.376 e. The van der Waals surface area contributed by atoms with Crippen molar-refractivity contribution >= 4 is 34.4 Å². The Kier molecular flexibility index (Phi) is 5.01. The Morgan fingerprint density at radius 3 is 2.92 bits per heavy atom. The highest BCUT2D eigenvalue weighted by Crippen LogP contribution is 2.27. The molecule has 1 unspecified atom stereocenters. The lowest BCUT2D eigenvalue weighted by Crippen LogP contribution is -2.38. The number of rotatable bonds is 4. The van der Waals surface area contributed by atoms with Crippen molar-refractivity contribution < 1.29 is 14.3 Å². The van der Waals surface area contributed by atoms with Gasteiger partial charge in [0.2, 0.25) is 0 Å². The van der Waals surface area contributed by atoms with E-state index in [4.69, 9.17) is 16.3 Å². The summed E-state index contributed by atoms with van der Waals surface area (Å²) in [5, 5.41) is 4.39. The van der Waals surface area contributed by atoms with E-state index < -0.39 is 6.04 Å². The standard InChI is InChI=1S/C17H18ClN3O3.CH4/c18-13-5-1-4-12-10(8-19-15(12)13)7-14-16(22)21(17(23)20-14)9-11-3-2-6-24-11;/h1,4-5,8,11,14,19H,2-3,6-7,9H2,(H,20,23);1H4/t11?,14-;/m1./s1. The predicted octanol–water partition coefficient (Wildman–Crippen LogP) is 3.10. The molecular formula is C18H22ClN3O3. The molecule has 2 aliphatic heterocycles. The summed E-state index contributed by atoms with van der Waals surface area (Å²) in [6, 6.07) is 4.77. The molecule has 0 spiro atoms. The number of amides is 3. The first-order valence-electron chi connectivity index (χ1n) is 8.11. The summed E-state index contributed by atoms with van der Waals surface area (Å²) < 4.78 is 5.53. The largest absolute Gasteiger partial charge is 0.376 e. The van der Waals surface area contributed by atoms with E-state index in [1.807, 2.05) is 24.4 Å². The van der Waals surface area contributed by atoms with Gasteiger partial charge in [0.25, 0.3) is 5.91 Å². The molecule has 25 heavy (non-hydrogen) atoms. The van der Waals surface area contributed by atoms with Gasteiger partial charge in [-0.2, -0.15) is 0 Å². The molecule has 1 aromatic carbocycles. The van der Waals surface area contributed by atoms with Crippen LogP contribution in [0.3, 0.4) is 0 Å². The number of para-hydroxylation sites is 1. The first-order valence-corrected chi connectivity index (χ1v) is 8.49. The quantitative estimate of drug-likeness (QED) is 0.820. The number of nitrogens with zero attached hydrogens (tertiary/aromatic N) is 1. The van der Waals surface area contributed by atoms with Crippen molar-refractivity contribution in [3.05, 3.63) is 35.0 Å². The Morgan fingerprint density at radius 1 is 1.32 bits per heavy atom. The summed E-state index contributed by atoms with van der Waals surface area (Å²) in [4.78, 5) is 29.1. The smallest absolute Gasteiger partial charge is 0.324 e. The van der Waals surface area contributed by atoms with Gasteiger partial charge in [-0.05, 0) is 24.5 Å². The summed E-state index contributed by atoms with van der Waals surface area (Å²) in [7, 11) is 0. The fourth-order valence-corrected chi connectivity index (χ4v) is 3.67. The molecule has 134 valence electrons. The normalized spacial score (nSPS) is 23.2. The molecule has 0 aliphatic carbocycles. The van der Waals surface area contributed by atoms with Gasteiger partial charge in [0, 0.05) is 24.6 Å². The molecular weight excluding hydrogens is 342 g/mol. The van der Waals surface area contributed by atoms with Gasteiger partial charge in [-0.3, -0.25) is 9.69 Å². The molecule has 2 atom stereocenters. The summed E-state index contributed by atoms with van der Waals surface area (Å²) in [6.07, 6.45) is 4.12. The predicted molar refractivity (Wildman–Crippen MR) is 96.8 cm³/mol. The van der Waals surface area contributed by atoms with Crippen LogP contribution in [0.4, 0.5) is 4.79 Å². The average molecular weight is 364 g/mol. The molecule has 0 saturated carbocycles. The van der Waals surface area contributed by atoms with Gasteiger partial charge in [-0.1, -0.05) is 31.2 Å². The number of carbonyl (C=O) groups excluding carboxylic acids is 2. The van der Waals surface area contributed by atoms with Crippen LogP contribution in [0.15, 0.2) is 24.4 Å². The molecule has 6 nitrogen and oxygen atoms in total. The minimum absolute atomic E-state index is 0. The fraction of sp³-hybridized carbons (Fsp3) is 0.444. The highest BCUT2D eigenvalue weighted by Gasteiger charge is 2.39. The van der Waals surface area contributed by atoms with Crippen LogP contribution in [0.2, 0.25) is 5.02 Å². The molecule has 7 heteroatoms. The number of benzene rings is 1. The topological polar surface area (TPSA) is 74.4 Å². The van der Waals surface area contributed by atoms with Crippen molar-refractivity contribution in [3.63, 3.8) is 0 Å². The van der Waals surface area contributed by atoms with Gasteiger partial charge in [0.1, 0.15) is 6.04 Å². The zero-order valence-electron chi connectivity index (χ0n) is 13.0. The first kappa shape index (κ1) is 17.8. The van der Waals surface area contributed by atoms with E-state index in [0.717, 1.165) is 29.3 Å². The molecule has 2 N–H and O–H groups in total. The van der Waals surface area contributed by atoms with Crippen molar-refractivity contribution in [1.29, 1.82) is 0 Å². The number of hydrogen-bond donors (Lipinski definition) is 2. The molecule has 2 fully saturated rings. The van der Waals surface area contributed by atoms with Crippen molar-refractivity contribution in [2.45, 2.75) is 38.8 Å². The maximum absolute atomic E-state index is 12.6. The number of nitrogens with one attached hydrogen (secondary N) is 2. The van der Waals surface area contributed by atoms with E-state index in [2.05, 4.69) is 10.3 Å². The zero-order chi connectivity index (χ0) is 16.7. The Balaban J connectivity index is 0.00000182. The summed E-state index contributed by atoms with van der Waals surface area (Å²) in [6.45, 7) is 1.04. The summed E-state index contributed by atoms with van der Waals surface area (Å²) in [5.74, 6) is -0.188. The number of hydrogen-bond acceptors (Lipinski definition) is 3. The number of aromatic amines is 1. The molecule has 2 aliphatic rings. The van der Waals surface area contributed by atoms with E-state index in [9.17, 15) is 9.59 Å². The second-order valence-electron chi connectivity index (χ2n) is 6.27. The number of urea groups is 1. The zero-order valence-corrected chi connectivity index (χ0v) is 13.8. The lowest BCUT2D eigenvalue weighted by Gasteiger charge is -2.17. The highest BCUT2D eigenvalue weighted by molar-refractivity contribution is 6.35. The number of fused-ring (bicyclic) bond motifs is 1. The number of halogens is 1. The second kappa shape index (κ2) is 7.06. The molecule has 3 amide bonds. The van der Waals surface area contributed by atoms with E-state index in [0.29, 0.717) is 24.6 Å². The Morgan fingerprint density at radius 2 is 2.16 bits per heavy atom. The number of carbonyl (C=O) groups is 2. The third-order valence-electron chi connectivity index (χ3n) is 4.69. The average Bonchev–Trinajstić information content (AvgIpc) is 3.26. The van der Waals surface area contributed by atoms with Gasteiger partial charge >= 0.3 is 6.03 Å². The van der Waals surface area contributed by atoms with Gasteiger partial charge in [-0.25, -0.2) is 4.79 Å². The summed E-state index contributed by atoms with van der Waals surface area (Å²) >= 11 is 6.17. The van der Waals surface area contributed by atoms with Gasteiger partial charge in [0.15, 0.2) is 0 Å². The Bertz CT molecular complexity index is 798. The van der Waals surface area contributed by atoms with Crippen LogP contribution in [-0.4, -0.2) is 47.1 Å². The minimum atomic E-state index is -0.545. The number of imide groups is 1. The van der Waals surface area contributed by atoms with Crippen LogP contribution in [0.1, 0.15) is 25.8 Å². The Hall–Kier alpha value is -2.05. The molecule has 2 saturated heterocycles.